The van der Waals surface area contributed by atoms with E-state index < -0.39 is 0 Å². The number of hydrogen-bond acceptors (Lipinski definition) is 2. The van der Waals surface area contributed by atoms with Gasteiger partial charge in [0.2, 0.25) is 0 Å². The minimum atomic E-state index is 0.570. The van der Waals surface area contributed by atoms with E-state index >= 15 is 0 Å². The molecule has 12 aliphatic carbocycles. The molecule has 11 unspecified atom stereocenters. The molecule has 12 rings (SSSR count). The van der Waals surface area contributed by atoms with Gasteiger partial charge in [-0.05, 0) is 186 Å². The summed E-state index contributed by atoms with van der Waals surface area (Å²) in [7, 11) is 0. The van der Waals surface area contributed by atoms with Crippen LogP contribution in [0.15, 0.2) is 119 Å². The van der Waals surface area contributed by atoms with Gasteiger partial charge in [-0.15, -0.1) is 0 Å². The molecular formula is C54H70N2. The molecule has 0 aromatic carbocycles. The number of rotatable bonds is 8. The average Bonchev–Trinajstić information content (AvgIpc) is 3.26. The summed E-state index contributed by atoms with van der Waals surface area (Å²) in [5, 5.41) is 0. The van der Waals surface area contributed by atoms with Gasteiger partial charge in [0.1, 0.15) is 0 Å². The van der Waals surface area contributed by atoms with Gasteiger partial charge in [-0.25, -0.2) is 0 Å². The molecule has 56 heavy (non-hydrogen) atoms. The van der Waals surface area contributed by atoms with Gasteiger partial charge in [-0.2, -0.15) is 0 Å². The predicted molar refractivity (Wildman–Crippen MR) is 233 cm³/mol. The van der Waals surface area contributed by atoms with Crippen molar-refractivity contribution >= 4 is 0 Å². The van der Waals surface area contributed by atoms with Crippen LogP contribution in [0.2, 0.25) is 0 Å². The highest BCUT2D eigenvalue weighted by Crippen LogP contribution is 2.60. The Hall–Kier alpha value is -3.00. The van der Waals surface area contributed by atoms with E-state index in [0.29, 0.717) is 41.8 Å². The lowest BCUT2D eigenvalue weighted by atomic mass is 9.52. The predicted octanol–water partition coefficient (Wildman–Crippen LogP) is 13.4. The molecule has 0 radical (unpaired) electrons. The SMILES string of the molecule is C1=CC2=CCC(N(C3=CCC(/C=C/C4C=CC5C6=CCC(N(C7=CCCCC7)C7CCCCC7)C7=C6CC4C5C7)CC3)C3C=CC4C=CCCC4C3)CC2CC1. The van der Waals surface area contributed by atoms with Crippen LogP contribution >= 0.6 is 0 Å². The molecule has 0 aliphatic heterocycles. The molecule has 2 nitrogen and oxygen atoms in total. The molecule has 11 atom stereocenters. The molecule has 0 N–H and O–H groups in total. The summed E-state index contributed by atoms with van der Waals surface area (Å²) in [6.07, 6.45) is 66.0. The van der Waals surface area contributed by atoms with Gasteiger partial charge in [-0.1, -0.05) is 104 Å². The summed E-state index contributed by atoms with van der Waals surface area (Å²) in [6, 6.07) is 2.64. The molecular weight excluding hydrogens is 677 g/mol. The molecule has 2 fully saturated rings. The fourth-order valence-electron chi connectivity index (χ4n) is 14.6. The Morgan fingerprint density at radius 3 is 2.43 bits per heavy atom. The molecule has 12 aliphatic rings. The Balaban J connectivity index is 0.800. The van der Waals surface area contributed by atoms with Crippen molar-refractivity contribution in [2.75, 3.05) is 0 Å². The topological polar surface area (TPSA) is 6.48 Å². The number of nitrogens with zero attached hydrogens (tertiary/aromatic N) is 2. The molecule has 0 aromatic heterocycles. The lowest BCUT2D eigenvalue weighted by Crippen LogP contribution is -2.50. The van der Waals surface area contributed by atoms with Crippen LogP contribution in [-0.2, 0) is 0 Å². The molecule has 0 spiro atoms. The maximum absolute atomic E-state index is 3.05. The third-order valence-electron chi connectivity index (χ3n) is 17.4. The number of hydrogen-bond donors (Lipinski definition) is 0. The molecule has 296 valence electrons. The zero-order chi connectivity index (χ0) is 37.0. The molecule has 0 saturated heterocycles. The highest BCUT2D eigenvalue weighted by atomic mass is 15.2. The van der Waals surface area contributed by atoms with Gasteiger partial charge in [0.05, 0.1) is 6.04 Å². The monoisotopic (exact) mass is 747 g/mol. The fourth-order valence-corrected chi connectivity index (χ4v) is 14.6. The minimum absolute atomic E-state index is 0.570. The normalized spacial score (nSPS) is 40.1. The van der Waals surface area contributed by atoms with Gasteiger partial charge in [0.15, 0.2) is 0 Å². The Labute approximate surface area is 340 Å². The molecule has 0 heterocycles. The smallest absolute Gasteiger partial charge is 0.0542 e. The Morgan fingerprint density at radius 2 is 1.54 bits per heavy atom. The molecule has 6 bridgehead atoms. The standard InChI is InChI=1S/C54H70N2/c1-3-15-43(16-4-1)56(44-17-5-2-6-18-44)54-32-31-49-48-30-25-40(50-35-52(49)53(54)36-51(48)50)22-19-37-20-26-45(27-21-37)55(46-28-23-38-11-7-9-13-41(38)33-46)47-29-24-39-12-8-10-14-42(39)34-47/h7-8,11-12,15,19,22-26,28,30-31,37-38,40-42,44,46-48,50-51,54H,1-6,9-10,13-14,16-18,20-21,27,29,32-36H2/b22-19+. The van der Waals surface area contributed by atoms with Crippen LogP contribution in [0.3, 0.4) is 0 Å². The molecule has 2 saturated carbocycles. The van der Waals surface area contributed by atoms with Crippen molar-refractivity contribution in [2.45, 2.75) is 165 Å². The van der Waals surface area contributed by atoms with Crippen molar-refractivity contribution in [3.05, 3.63) is 119 Å². The van der Waals surface area contributed by atoms with Crippen LogP contribution in [-0.4, -0.2) is 34.0 Å². The summed E-state index contributed by atoms with van der Waals surface area (Å²) >= 11 is 0. The summed E-state index contributed by atoms with van der Waals surface area (Å²) in [5.41, 5.74) is 10.5. The van der Waals surface area contributed by atoms with Crippen molar-refractivity contribution in [3.8, 4) is 0 Å². The fraction of sp³-hybridized carbons (Fsp3) is 0.630. The first kappa shape index (κ1) is 36.1. The van der Waals surface area contributed by atoms with E-state index in [1.807, 2.05) is 11.1 Å². The van der Waals surface area contributed by atoms with E-state index in [1.165, 1.54) is 141 Å². The summed E-state index contributed by atoms with van der Waals surface area (Å²) < 4.78 is 0. The van der Waals surface area contributed by atoms with Crippen molar-refractivity contribution in [1.82, 2.24) is 9.80 Å². The maximum Gasteiger partial charge on any atom is 0.0542 e. The lowest BCUT2D eigenvalue weighted by Gasteiger charge is -2.56. The maximum atomic E-state index is 3.05. The summed E-state index contributed by atoms with van der Waals surface area (Å²) in [5.74, 6) is 5.86. The second kappa shape index (κ2) is 15.6. The Kier molecular flexibility index (Phi) is 10.1. The first-order valence-corrected chi connectivity index (χ1v) is 24.2. The van der Waals surface area contributed by atoms with Crippen LogP contribution in [0.4, 0.5) is 0 Å². The van der Waals surface area contributed by atoms with Crippen molar-refractivity contribution < 1.29 is 0 Å². The zero-order valence-corrected chi connectivity index (χ0v) is 34.5. The van der Waals surface area contributed by atoms with Gasteiger partial charge < -0.3 is 9.80 Å². The van der Waals surface area contributed by atoms with E-state index in [1.54, 1.807) is 22.5 Å². The summed E-state index contributed by atoms with van der Waals surface area (Å²) in [4.78, 5) is 6.04. The van der Waals surface area contributed by atoms with Crippen molar-refractivity contribution in [2.24, 2.45) is 47.3 Å². The third kappa shape index (κ3) is 6.70. The van der Waals surface area contributed by atoms with Crippen LogP contribution in [0, 0.1) is 47.3 Å². The van der Waals surface area contributed by atoms with Crippen LogP contribution in [0.1, 0.15) is 141 Å². The van der Waals surface area contributed by atoms with Gasteiger partial charge >= 0.3 is 0 Å². The van der Waals surface area contributed by atoms with Crippen LogP contribution < -0.4 is 0 Å². The average molecular weight is 747 g/mol. The van der Waals surface area contributed by atoms with Gasteiger partial charge in [0.25, 0.3) is 0 Å². The van der Waals surface area contributed by atoms with Gasteiger partial charge in [0, 0.05) is 35.4 Å². The van der Waals surface area contributed by atoms with Crippen molar-refractivity contribution in [3.63, 3.8) is 0 Å². The zero-order valence-electron chi connectivity index (χ0n) is 34.5. The van der Waals surface area contributed by atoms with E-state index in [2.05, 4.69) is 94.9 Å². The van der Waals surface area contributed by atoms with E-state index in [9.17, 15) is 0 Å². The minimum Gasteiger partial charge on any atom is -0.365 e. The van der Waals surface area contributed by atoms with Crippen LogP contribution in [0.5, 0.6) is 0 Å². The van der Waals surface area contributed by atoms with Crippen molar-refractivity contribution in [1.29, 1.82) is 0 Å². The second-order valence-corrected chi connectivity index (χ2v) is 20.3. The molecule has 0 amide bonds. The largest absolute Gasteiger partial charge is 0.365 e. The highest BCUT2D eigenvalue weighted by Gasteiger charge is 2.50. The lowest BCUT2D eigenvalue weighted by molar-refractivity contribution is 0.125. The molecule has 2 heteroatoms. The first-order valence-electron chi connectivity index (χ1n) is 24.2. The Bertz CT molecular complexity index is 1810. The third-order valence-corrected chi connectivity index (χ3v) is 17.4. The van der Waals surface area contributed by atoms with Crippen LogP contribution in [0.25, 0.3) is 0 Å². The number of fused-ring (bicyclic) bond motifs is 2. The van der Waals surface area contributed by atoms with E-state index in [-0.39, 0.29) is 0 Å². The van der Waals surface area contributed by atoms with E-state index in [4.69, 9.17) is 0 Å². The first-order chi connectivity index (χ1) is 27.7. The quantitative estimate of drug-likeness (QED) is 0.228. The second-order valence-electron chi connectivity index (χ2n) is 20.3. The number of allylic oxidation sites excluding steroid dienone is 16. The molecule has 0 aromatic rings. The summed E-state index contributed by atoms with van der Waals surface area (Å²) in [6.45, 7) is 0. The highest BCUT2D eigenvalue weighted by molar-refractivity contribution is 5.53. The van der Waals surface area contributed by atoms with E-state index in [0.717, 1.165) is 29.7 Å². The Morgan fingerprint density at radius 1 is 0.607 bits per heavy atom. The van der Waals surface area contributed by atoms with Gasteiger partial charge in [-0.3, -0.25) is 0 Å².